The maximum absolute atomic E-state index is 3.79. The van der Waals surface area contributed by atoms with Crippen LogP contribution >= 0.6 is 0 Å². The van der Waals surface area contributed by atoms with Gasteiger partial charge in [0.2, 0.25) is 0 Å². The highest BCUT2D eigenvalue weighted by molar-refractivity contribution is 5.09. The Morgan fingerprint density at radius 2 is 1.79 bits per heavy atom. The van der Waals surface area contributed by atoms with Gasteiger partial charge in [-0.3, -0.25) is 4.90 Å². The van der Waals surface area contributed by atoms with Gasteiger partial charge in [0, 0.05) is 18.0 Å². The van der Waals surface area contributed by atoms with Gasteiger partial charge in [0.05, 0.1) is 0 Å². The van der Waals surface area contributed by atoms with E-state index in [1.54, 1.807) is 0 Å². The molecule has 0 radical (unpaired) electrons. The lowest BCUT2D eigenvalue weighted by Gasteiger charge is -2.46. The summed E-state index contributed by atoms with van der Waals surface area (Å²) in [6.45, 7) is 12.2. The first-order valence-corrected chi connectivity index (χ1v) is 8.13. The van der Waals surface area contributed by atoms with E-state index in [2.05, 4.69) is 42.8 Å². The Morgan fingerprint density at radius 1 is 1.16 bits per heavy atom. The normalized spacial score (nSPS) is 19.2. The number of likely N-dealkylation sites (N-methyl/N-ethyl adjacent to an activating group) is 1. The van der Waals surface area contributed by atoms with Crippen molar-refractivity contribution in [2.75, 3.05) is 19.6 Å². The number of hydrogen-bond donors (Lipinski definition) is 1. The number of nitrogens with one attached hydrogen (secondary N) is 1. The molecule has 1 atom stereocenters. The van der Waals surface area contributed by atoms with E-state index in [1.807, 2.05) is 6.92 Å². The van der Waals surface area contributed by atoms with Crippen LogP contribution in [-0.2, 0) is 0 Å². The molecular weight excluding hydrogens is 232 g/mol. The van der Waals surface area contributed by atoms with E-state index in [-0.39, 0.29) is 0 Å². The highest BCUT2D eigenvalue weighted by Gasteiger charge is 2.44. The molecule has 0 aromatic rings. The monoisotopic (exact) mass is 264 g/mol. The van der Waals surface area contributed by atoms with Gasteiger partial charge < -0.3 is 5.32 Å². The van der Waals surface area contributed by atoms with Crippen molar-refractivity contribution in [1.82, 2.24) is 10.2 Å². The van der Waals surface area contributed by atoms with Crippen LogP contribution in [0.25, 0.3) is 0 Å². The lowest BCUT2D eigenvalue weighted by molar-refractivity contribution is 0.0647. The highest BCUT2D eigenvalue weighted by atomic mass is 15.2. The SMILES string of the molecule is CC#CCC(NCCC)C1(N(CC)CC)CCCC1. The van der Waals surface area contributed by atoms with Crippen molar-refractivity contribution >= 4 is 0 Å². The Bertz CT molecular complexity index is 290. The quantitative estimate of drug-likeness (QED) is 0.676. The van der Waals surface area contributed by atoms with Crippen molar-refractivity contribution < 1.29 is 0 Å². The summed E-state index contributed by atoms with van der Waals surface area (Å²) in [5, 5.41) is 3.79. The maximum Gasteiger partial charge on any atom is 0.0371 e. The maximum atomic E-state index is 3.79. The Balaban J connectivity index is 2.91. The number of rotatable bonds is 8. The topological polar surface area (TPSA) is 15.3 Å². The zero-order valence-electron chi connectivity index (χ0n) is 13.4. The van der Waals surface area contributed by atoms with Crippen LogP contribution < -0.4 is 5.32 Å². The largest absolute Gasteiger partial charge is 0.311 e. The van der Waals surface area contributed by atoms with Crippen molar-refractivity contribution in [3.8, 4) is 11.8 Å². The Kier molecular flexibility index (Phi) is 7.49. The summed E-state index contributed by atoms with van der Waals surface area (Å²) >= 11 is 0. The Morgan fingerprint density at radius 3 is 2.26 bits per heavy atom. The molecule has 1 N–H and O–H groups in total. The first kappa shape index (κ1) is 16.5. The molecule has 1 aliphatic rings. The van der Waals surface area contributed by atoms with Gasteiger partial charge in [-0.15, -0.1) is 11.8 Å². The van der Waals surface area contributed by atoms with Gasteiger partial charge in [0.25, 0.3) is 0 Å². The minimum Gasteiger partial charge on any atom is -0.311 e. The minimum absolute atomic E-state index is 0.350. The molecule has 1 rings (SSSR count). The lowest BCUT2D eigenvalue weighted by atomic mass is 9.84. The number of hydrogen-bond acceptors (Lipinski definition) is 2. The van der Waals surface area contributed by atoms with Crippen LogP contribution in [0.4, 0.5) is 0 Å². The van der Waals surface area contributed by atoms with Gasteiger partial charge in [-0.1, -0.05) is 33.6 Å². The first-order chi connectivity index (χ1) is 9.25. The molecule has 1 saturated carbocycles. The summed E-state index contributed by atoms with van der Waals surface area (Å²) in [5.74, 6) is 6.40. The molecule has 0 aromatic heterocycles. The van der Waals surface area contributed by atoms with Gasteiger partial charge in [-0.2, -0.15) is 0 Å². The van der Waals surface area contributed by atoms with E-state index in [1.165, 1.54) is 32.1 Å². The predicted octanol–water partition coefficient (Wildman–Crippen LogP) is 3.42. The second-order valence-electron chi connectivity index (χ2n) is 5.62. The Labute approximate surface area is 120 Å². The molecule has 1 fully saturated rings. The average molecular weight is 264 g/mol. The third-order valence-corrected chi connectivity index (χ3v) is 4.63. The third-order valence-electron chi connectivity index (χ3n) is 4.63. The van der Waals surface area contributed by atoms with Crippen molar-refractivity contribution in [2.45, 2.75) is 77.8 Å². The van der Waals surface area contributed by atoms with Crippen LogP contribution in [0.2, 0.25) is 0 Å². The molecule has 0 aliphatic heterocycles. The zero-order valence-corrected chi connectivity index (χ0v) is 13.4. The van der Waals surface area contributed by atoms with Crippen LogP contribution in [0.1, 0.15) is 66.2 Å². The lowest BCUT2D eigenvalue weighted by Crippen LogP contribution is -2.59. The fourth-order valence-electron chi connectivity index (χ4n) is 3.70. The molecule has 1 unspecified atom stereocenters. The predicted molar refractivity (Wildman–Crippen MR) is 84.3 cm³/mol. The van der Waals surface area contributed by atoms with Crippen molar-refractivity contribution in [1.29, 1.82) is 0 Å². The van der Waals surface area contributed by atoms with Crippen molar-refractivity contribution in [3.63, 3.8) is 0 Å². The third kappa shape index (κ3) is 3.97. The molecule has 0 amide bonds. The van der Waals surface area contributed by atoms with E-state index in [9.17, 15) is 0 Å². The van der Waals surface area contributed by atoms with E-state index < -0.39 is 0 Å². The van der Waals surface area contributed by atoms with Gasteiger partial charge in [0.1, 0.15) is 0 Å². The first-order valence-electron chi connectivity index (χ1n) is 8.13. The fraction of sp³-hybridized carbons (Fsp3) is 0.882. The van der Waals surface area contributed by atoms with Crippen LogP contribution in [0, 0.1) is 11.8 Å². The molecular formula is C17H32N2. The smallest absolute Gasteiger partial charge is 0.0371 e. The standard InChI is InChI=1S/C17H32N2/c1-5-9-12-16(18-15-6-2)17(13-10-11-14-17)19(7-3)8-4/h16,18H,6-8,10-15H2,1-4H3. The van der Waals surface area contributed by atoms with E-state index in [0.29, 0.717) is 11.6 Å². The molecule has 2 heteroatoms. The van der Waals surface area contributed by atoms with Crippen molar-refractivity contribution in [2.24, 2.45) is 0 Å². The second kappa shape index (κ2) is 8.61. The molecule has 1 aliphatic carbocycles. The minimum atomic E-state index is 0.350. The summed E-state index contributed by atoms with van der Waals surface area (Å²) in [6.07, 6.45) is 7.61. The van der Waals surface area contributed by atoms with Gasteiger partial charge in [-0.25, -0.2) is 0 Å². The van der Waals surface area contributed by atoms with Gasteiger partial charge in [0.15, 0.2) is 0 Å². The molecule has 19 heavy (non-hydrogen) atoms. The summed E-state index contributed by atoms with van der Waals surface area (Å²) in [5.41, 5.74) is 0.350. The molecule has 110 valence electrons. The molecule has 0 bridgehead atoms. The molecule has 2 nitrogen and oxygen atoms in total. The highest BCUT2D eigenvalue weighted by Crippen LogP contribution is 2.39. The van der Waals surface area contributed by atoms with Crippen LogP contribution in [0.5, 0.6) is 0 Å². The van der Waals surface area contributed by atoms with Gasteiger partial charge >= 0.3 is 0 Å². The molecule has 0 saturated heterocycles. The summed E-state index contributed by atoms with van der Waals surface area (Å²) in [7, 11) is 0. The number of nitrogens with zero attached hydrogens (tertiary/aromatic N) is 1. The van der Waals surface area contributed by atoms with Crippen LogP contribution in [0.15, 0.2) is 0 Å². The van der Waals surface area contributed by atoms with E-state index >= 15 is 0 Å². The molecule has 0 heterocycles. The molecule has 0 spiro atoms. The summed E-state index contributed by atoms with van der Waals surface area (Å²) < 4.78 is 0. The van der Waals surface area contributed by atoms with Crippen LogP contribution in [-0.4, -0.2) is 36.1 Å². The summed E-state index contributed by atoms with van der Waals surface area (Å²) in [6, 6.07) is 0.530. The summed E-state index contributed by atoms with van der Waals surface area (Å²) in [4.78, 5) is 2.69. The van der Waals surface area contributed by atoms with Crippen molar-refractivity contribution in [3.05, 3.63) is 0 Å². The van der Waals surface area contributed by atoms with Gasteiger partial charge in [-0.05, 0) is 45.8 Å². The molecule has 0 aromatic carbocycles. The average Bonchev–Trinajstić information content (AvgIpc) is 2.91. The zero-order chi connectivity index (χ0) is 14.1. The van der Waals surface area contributed by atoms with Crippen LogP contribution in [0.3, 0.4) is 0 Å². The van der Waals surface area contributed by atoms with E-state index in [0.717, 1.165) is 26.1 Å². The fourth-order valence-corrected chi connectivity index (χ4v) is 3.70. The second-order valence-corrected chi connectivity index (χ2v) is 5.62. The Hall–Kier alpha value is -0.520. The van der Waals surface area contributed by atoms with E-state index in [4.69, 9.17) is 0 Å².